The molecule has 5 aromatic rings. The Kier molecular flexibility index (Phi) is 48.6. The summed E-state index contributed by atoms with van der Waals surface area (Å²) in [6, 6.07) is 8.84. The zero-order valence-electron chi connectivity index (χ0n) is 85.8. The summed E-state index contributed by atoms with van der Waals surface area (Å²) in [6.07, 6.45) is 8.77. The average Bonchev–Trinajstić information content (AvgIpc) is 0.815. The first-order chi connectivity index (χ1) is 71.2. The Morgan fingerprint density at radius 1 is 0.460 bits per heavy atom. The van der Waals surface area contributed by atoms with Crippen LogP contribution in [-0.2, 0) is 109 Å². The van der Waals surface area contributed by atoms with Crippen LogP contribution in [0.2, 0.25) is 0 Å². The van der Waals surface area contributed by atoms with Gasteiger partial charge in [-0.25, -0.2) is 9.59 Å². The molecule has 17 unspecified atom stereocenters. The number of phenolic OH excluding ortho intramolecular Hbond substituents is 2. The molecule has 0 saturated carbocycles. The molecule has 2 aliphatic heterocycles. The van der Waals surface area contributed by atoms with Gasteiger partial charge < -0.3 is 130 Å². The van der Waals surface area contributed by atoms with Crippen molar-refractivity contribution in [2.45, 2.75) is 237 Å². The van der Waals surface area contributed by atoms with Crippen LogP contribution in [0.4, 0.5) is 0 Å². The van der Waals surface area contributed by atoms with Crippen LogP contribution in [0.5, 0.6) is 11.5 Å². The summed E-state index contributed by atoms with van der Waals surface area (Å²) in [6.45, 7) is 12.6. The van der Waals surface area contributed by atoms with Crippen LogP contribution >= 0.6 is 0 Å². The second-order valence-corrected chi connectivity index (χ2v) is 37.2. The van der Waals surface area contributed by atoms with E-state index in [1.54, 1.807) is 131 Å². The summed E-state index contributed by atoms with van der Waals surface area (Å²) in [5.41, 5.74) is 12.9. The number of phenols is 2. The Labute approximate surface area is 869 Å². The minimum Gasteiger partial charge on any atom is -0.508 e. The maximum absolute atomic E-state index is 15.7. The monoisotopic (exact) mass is 2080 g/mol. The first-order valence-corrected chi connectivity index (χ1v) is 49.3. The Balaban J connectivity index is 1.40. The van der Waals surface area contributed by atoms with E-state index in [-0.39, 0.29) is 41.4 Å². The van der Waals surface area contributed by atoms with E-state index in [4.69, 9.17) is 20.9 Å². The van der Waals surface area contributed by atoms with Crippen molar-refractivity contribution in [3.05, 3.63) is 226 Å². The van der Waals surface area contributed by atoms with Crippen LogP contribution in [0.25, 0.3) is 24.3 Å². The second-order valence-electron chi connectivity index (χ2n) is 37.2. The summed E-state index contributed by atoms with van der Waals surface area (Å²) in [4.78, 5) is 268. The van der Waals surface area contributed by atoms with E-state index in [0.717, 1.165) is 84.2 Å². The molecule has 0 aromatic heterocycles. The summed E-state index contributed by atoms with van der Waals surface area (Å²) >= 11 is 0. The number of ether oxygens (including phenoxy) is 2. The van der Waals surface area contributed by atoms with Gasteiger partial charge in [-0.3, -0.25) is 76.7 Å². The molecule has 43 nitrogen and oxygen atoms in total. The number of primary amides is 2. The highest BCUT2D eigenvalue weighted by molar-refractivity contribution is 6.08. The fourth-order valence-corrected chi connectivity index (χ4v) is 15.7. The number of cyclic esters (lactones) is 2. The number of hydrogen-bond acceptors (Lipinski definition) is 27. The molecule has 0 bridgehead atoms. The first-order valence-electron chi connectivity index (χ1n) is 49.3. The molecule has 0 spiro atoms. The maximum Gasteiger partial charge on any atom is 0.331 e. The van der Waals surface area contributed by atoms with E-state index in [1.807, 2.05) is 38.2 Å². The molecule has 2 aliphatic rings. The minimum absolute atomic E-state index is 0.106. The van der Waals surface area contributed by atoms with Crippen molar-refractivity contribution in [3.8, 4) is 11.5 Å². The lowest BCUT2D eigenvalue weighted by Gasteiger charge is -2.31. The van der Waals surface area contributed by atoms with Gasteiger partial charge in [0.05, 0.1) is 38.3 Å². The molecule has 16 amide bonds. The van der Waals surface area contributed by atoms with Crippen molar-refractivity contribution < 1.29 is 126 Å². The van der Waals surface area contributed by atoms with Crippen molar-refractivity contribution in [2.75, 3.05) is 33.9 Å². The first kappa shape index (κ1) is 121. The number of rotatable bonds is 30. The molecule has 5 aromatic carbocycles. The zero-order chi connectivity index (χ0) is 111. The lowest BCUT2D eigenvalue weighted by molar-refractivity contribution is -0.158. The Morgan fingerprint density at radius 2 is 0.833 bits per heavy atom. The topological polar surface area (TPSA) is 662 Å². The summed E-state index contributed by atoms with van der Waals surface area (Å²) in [5, 5.41) is 98.0. The summed E-state index contributed by atoms with van der Waals surface area (Å²) < 4.78 is 11.7. The highest BCUT2D eigenvalue weighted by Gasteiger charge is 2.44. The smallest absolute Gasteiger partial charge is 0.331 e. The largest absolute Gasteiger partial charge is 0.508 e. The Bertz CT molecular complexity index is 5770. The molecule has 1 fully saturated rings. The number of nitrogens with zero attached hydrogens (tertiary/aromatic N) is 2. The van der Waals surface area contributed by atoms with Crippen LogP contribution in [0, 0.1) is 17.8 Å². The molecule has 808 valence electrons. The lowest BCUT2D eigenvalue weighted by atomic mass is 9.94. The van der Waals surface area contributed by atoms with E-state index in [1.165, 1.54) is 54.6 Å². The van der Waals surface area contributed by atoms with E-state index in [9.17, 15) is 78.6 Å². The third-order valence-corrected chi connectivity index (χ3v) is 23.9. The van der Waals surface area contributed by atoms with Gasteiger partial charge in [-0.15, -0.1) is 0 Å². The van der Waals surface area contributed by atoms with Crippen molar-refractivity contribution in [3.63, 3.8) is 0 Å². The van der Waals surface area contributed by atoms with E-state index in [2.05, 4.69) is 69.1 Å². The molecule has 23 N–H and O–H groups in total. The number of esters is 2. The van der Waals surface area contributed by atoms with Crippen molar-refractivity contribution >= 4 is 131 Å². The molecule has 43 heteroatoms. The molecule has 1 saturated heterocycles. The normalized spacial score (nSPS) is 24.3. The molecular weight excluding hydrogens is 1940 g/mol. The number of aromatic hydroxyl groups is 2. The number of aliphatic hydroxyl groups is 4. The predicted octanol–water partition coefficient (Wildman–Crippen LogP) is 1.10. The van der Waals surface area contributed by atoms with Crippen LogP contribution in [0.1, 0.15) is 160 Å². The van der Waals surface area contributed by atoms with Gasteiger partial charge in [-0.05, 0) is 159 Å². The molecule has 0 radical (unpaired) electrons. The number of benzene rings is 5. The van der Waals surface area contributed by atoms with Crippen LogP contribution in [0.15, 0.2) is 193 Å². The van der Waals surface area contributed by atoms with Crippen molar-refractivity contribution in [2.24, 2.45) is 29.2 Å². The highest BCUT2D eigenvalue weighted by Crippen LogP contribution is 2.26. The van der Waals surface area contributed by atoms with Crippen LogP contribution in [0.3, 0.4) is 0 Å². The van der Waals surface area contributed by atoms with Gasteiger partial charge >= 0.3 is 11.9 Å². The van der Waals surface area contributed by atoms with E-state index in [0.29, 0.717) is 45.7 Å². The number of carbonyl (C=O) groups excluding carboxylic acids is 18. The number of carbonyl (C=O) groups is 18. The van der Waals surface area contributed by atoms with Gasteiger partial charge in [0, 0.05) is 51.9 Å². The second kappa shape index (κ2) is 60.3. The predicted molar refractivity (Wildman–Crippen MR) is 553 cm³/mol. The summed E-state index contributed by atoms with van der Waals surface area (Å²) in [7, 11) is 2.12. The van der Waals surface area contributed by atoms with Gasteiger partial charge in [-0.2, -0.15) is 0 Å². The number of nitrogens with two attached hydrogens (primary N) is 2. The number of unbranched alkanes of at least 4 members (excludes halogenated alkanes) is 2. The third kappa shape index (κ3) is 38.7. The molecular formula is C107H139N17O26. The van der Waals surface area contributed by atoms with E-state index >= 15 is 38.4 Å². The Hall–Kier alpha value is -16.0. The summed E-state index contributed by atoms with van der Waals surface area (Å²) in [5.74, 6) is -24.6. The molecule has 17 atom stereocenters. The highest BCUT2D eigenvalue weighted by atomic mass is 16.6. The van der Waals surface area contributed by atoms with Crippen molar-refractivity contribution in [1.82, 2.24) is 78.9 Å². The van der Waals surface area contributed by atoms with Gasteiger partial charge in [0.1, 0.15) is 95.5 Å². The zero-order valence-corrected chi connectivity index (χ0v) is 85.8. The number of hydrogen-bond donors (Lipinski definition) is 21. The van der Waals surface area contributed by atoms with Gasteiger partial charge in [0.2, 0.25) is 70.9 Å². The quantitative estimate of drug-likeness (QED) is 0.0174. The molecule has 7 rings (SSSR count). The Morgan fingerprint density at radius 3 is 1.23 bits per heavy atom. The van der Waals surface area contributed by atoms with Crippen molar-refractivity contribution in [1.29, 1.82) is 0 Å². The molecule has 0 aliphatic carbocycles. The average molecular weight is 2080 g/mol. The van der Waals surface area contributed by atoms with Gasteiger partial charge in [0.25, 0.3) is 23.6 Å². The van der Waals surface area contributed by atoms with Crippen LogP contribution in [-0.4, -0.2) is 278 Å². The van der Waals surface area contributed by atoms with Gasteiger partial charge in [-0.1, -0.05) is 194 Å². The SMILES string of the molecule is CCC/C=C\c1ccccc1/C=C/C(=O)NC1C(=O)N(C)C(=Cc2ccc(O)cc2)C(=O)NC(CC(C)C)C(=O)NC(Cc2ccccc2)C(=O)NC(C(C)O)C(=O)NC(CC(N)=O)C(=O)NC(CO)C(=O)OC(C)C(NC(=O)C/C=C2\C=CNCC2/C=C\CCC)C(=O)N(C)C(=Cc2ccc(O)cc2)C(=O)NC(CC(C)C)C(=O)NC(Cc2ccccc2)C(=O)NC(C(C)O)C(=O)NC(CC(N)=O)C(=O)NC(CO)C(=O)OC1C. The molecule has 150 heavy (non-hydrogen) atoms. The standard InChI is InChI=1S/C107H139N17O26/c1-13-15-19-31-70-32-25-26-33-71(70)39-45-88(133)119-92-64(9)149-106(147)82(58-125)117-96(137)80(55-86(108)131)115-102(143)90(62(7)127)121-99(140)79(52-67-29-23-18-24-30-67)112-95(136)77(50-61(5)6)114-101(142)85(54-69-37-43-75(130)44-38-69)124(12)105(146)93(120-89(134)46-40-72-47-48-110-57-73(72)34-20-16-14-2)65(10)150-107(148)83(59-126)118-97(138)81(56-87(109)132)116-103(144)91(63(8)128)122-98(139)78(51-66-27-21-17-22-28-66)111-94(135)76(49-60(3)4)113-100(141)84(123(11)104(92)145)53-68-35-41-74(129)42-36-68/h17-45,47-48,53-54,60-65,73,76-83,90-93,110,125-130H,13-16,46,49-52,55-59H2,1-12H3,(H2,108,131)(H2,109,132)(H,111,135)(H,112,136)(H,113,141)(H,114,142)(H,115,143)(H,116,144)(H,117,137)(H,118,138)(H,119,133)(H,120,134)(H,121,140)(H,122,139)/b31-19-,34-20-,45-39+,72-40+,84-53?,85-54?. The number of allylic oxidation sites excluding steroid dienone is 3. The lowest BCUT2D eigenvalue weighted by Crippen LogP contribution is -2.62. The fraction of sp³-hybridized carbons (Fsp3) is 0.421. The number of amides is 16. The third-order valence-electron chi connectivity index (χ3n) is 23.9. The fourth-order valence-electron chi connectivity index (χ4n) is 15.7. The maximum atomic E-state index is 15.7. The van der Waals surface area contributed by atoms with E-state index < -0.39 is 272 Å². The number of aliphatic hydroxyl groups excluding tert-OH is 4. The number of likely N-dealkylation sites (N-methyl/N-ethyl adjacent to an activating group) is 2. The number of nitrogens with one attached hydrogen (secondary N) is 13. The van der Waals surface area contributed by atoms with Crippen LogP contribution < -0.4 is 80.6 Å². The van der Waals surface area contributed by atoms with Gasteiger partial charge in [0.15, 0.2) is 12.1 Å². The molecule has 2 heterocycles. The minimum atomic E-state index is -2.21.